The van der Waals surface area contributed by atoms with Gasteiger partial charge in [-0.05, 0) is 37.3 Å². The van der Waals surface area contributed by atoms with Gasteiger partial charge in [-0.3, -0.25) is 19.5 Å². The number of anilines is 1. The van der Waals surface area contributed by atoms with Crippen LogP contribution in [0.5, 0.6) is 0 Å². The van der Waals surface area contributed by atoms with Crippen LogP contribution in [0.2, 0.25) is 0 Å². The molecular weight excluding hydrogens is 443 g/mol. The van der Waals surface area contributed by atoms with Gasteiger partial charge in [-0.15, -0.1) is 0 Å². The topological polar surface area (TPSA) is 131 Å². The maximum atomic E-state index is 13.2. The largest absolute Gasteiger partial charge is 0.456 e. The number of aryl methyl sites for hydroxylation is 1. The van der Waals surface area contributed by atoms with Gasteiger partial charge in [0.05, 0.1) is 23.3 Å². The highest BCUT2D eigenvalue weighted by atomic mass is 19.1. The Bertz CT molecular complexity index is 1350. The van der Waals surface area contributed by atoms with Crippen LogP contribution in [0.4, 0.5) is 10.2 Å². The van der Waals surface area contributed by atoms with E-state index >= 15 is 0 Å². The number of aromatic amines is 1. The van der Waals surface area contributed by atoms with Crippen molar-refractivity contribution in [1.29, 1.82) is 0 Å². The lowest BCUT2D eigenvalue weighted by Crippen LogP contribution is -2.28. The number of carbonyl (C=O) groups excluding carboxylic acids is 3. The van der Waals surface area contributed by atoms with E-state index < -0.39 is 24.4 Å². The summed E-state index contributed by atoms with van der Waals surface area (Å²) in [6.07, 6.45) is -0.117. The van der Waals surface area contributed by atoms with Crippen LogP contribution in [0.15, 0.2) is 54.6 Å². The number of hydrogen-bond donors (Lipinski definition) is 3. The number of H-pyrrole nitrogens is 1. The number of aromatic nitrogens is 4. The van der Waals surface area contributed by atoms with Gasteiger partial charge in [0.15, 0.2) is 12.3 Å². The predicted molar refractivity (Wildman–Crippen MR) is 121 cm³/mol. The van der Waals surface area contributed by atoms with E-state index in [0.29, 0.717) is 22.6 Å². The number of benzene rings is 2. The number of fused-ring (bicyclic) bond motifs is 1. The first-order chi connectivity index (χ1) is 16.4. The number of esters is 1. The molecule has 34 heavy (non-hydrogen) atoms. The second-order valence-electron chi connectivity index (χ2n) is 7.39. The van der Waals surface area contributed by atoms with Crippen molar-refractivity contribution >= 4 is 34.5 Å². The Morgan fingerprint density at radius 1 is 1.12 bits per heavy atom. The normalized spacial score (nSPS) is 10.8. The van der Waals surface area contributed by atoms with Gasteiger partial charge in [-0.2, -0.15) is 10.2 Å². The fourth-order valence-electron chi connectivity index (χ4n) is 3.26. The summed E-state index contributed by atoms with van der Waals surface area (Å²) in [4.78, 5) is 36.5. The number of amides is 2. The fraction of sp³-hybridized carbons (Fsp3) is 0.174. The van der Waals surface area contributed by atoms with Gasteiger partial charge in [-0.25, -0.2) is 9.07 Å². The molecule has 2 amide bonds. The lowest BCUT2D eigenvalue weighted by Gasteiger charge is -2.09. The molecule has 0 aliphatic rings. The van der Waals surface area contributed by atoms with Crippen LogP contribution >= 0.6 is 0 Å². The minimum Gasteiger partial charge on any atom is -0.456 e. The molecule has 0 unspecified atom stereocenters. The van der Waals surface area contributed by atoms with Crippen molar-refractivity contribution in [2.75, 3.05) is 18.5 Å². The highest BCUT2D eigenvalue weighted by Crippen LogP contribution is 2.18. The zero-order valence-corrected chi connectivity index (χ0v) is 18.2. The molecule has 0 radical (unpaired) electrons. The molecule has 0 spiro atoms. The molecule has 2 aromatic heterocycles. The summed E-state index contributed by atoms with van der Waals surface area (Å²) in [5.41, 5.74) is 2.16. The molecule has 0 aliphatic carbocycles. The van der Waals surface area contributed by atoms with Gasteiger partial charge in [-0.1, -0.05) is 18.2 Å². The molecule has 0 saturated heterocycles. The van der Waals surface area contributed by atoms with E-state index in [1.54, 1.807) is 31.2 Å². The molecule has 0 fully saturated rings. The first-order valence-corrected chi connectivity index (χ1v) is 10.4. The summed E-state index contributed by atoms with van der Waals surface area (Å²) < 4.78 is 19.6. The molecule has 4 aromatic rings. The predicted octanol–water partition coefficient (Wildman–Crippen LogP) is 2.50. The fourth-order valence-corrected chi connectivity index (χ4v) is 3.26. The molecule has 174 valence electrons. The molecule has 11 heteroatoms. The Labute approximate surface area is 193 Å². The molecular formula is C23H21FN6O4. The molecule has 2 aromatic carbocycles. The smallest absolute Gasteiger partial charge is 0.308 e. The van der Waals surface area contributed by atoms with E-state index in [0.717, 1.165) is 5.52 Å². The van der Waals surface area contributed by atoms with Crippen molar-refractivity contribution in [2.45, 2.75) is 13.3 Å². The third-order valence-corrected chi connectivity index (χ3v) is 4.83. The molecule has 10 nitrogen and oxygen atoms in total. The van der Waals surface area contributed by atoms with Crippen molar-refractivity contribution < 1.29 is 23.5 Å². The lowest BCUT2D eigenvalue weighted by molar-refractivity contribution is -0.147. The summed E-state index contributed by atoms with van der Waals surface area (Å²) in [5, 5.41) is 16.9. The summed E-state index contributed by atoms with van der Waals surface area (Å²) in [6.45, 7) is 1.26. The quantitative estimate of drug-likeness (QED) is 0.344. The van der Waals surface area contributed by atoms with Crippen LogP contribution in [0.1, 0.15) is 22.6 Å². The van der Waals surface area contributed by atoms with Gasteiger partial charge in [0, 0.05) is 18.0 Å². The highest BCUT2D eigenvalue weighted by Gasteiger charge is 2.15. The number of halogens is 1. The summed E-state index contributed by atoms with van der Waals surface area (Å²) in [5.74, 6) is -1.68. The number of rotatable bonds is 8. The second-order valence-corrected chi connectivity index (χ2v) is 7.39. The Kier molecular flexibility index (Phi) is 6.62. The number of ether oxygens (including phenoxy) is 1. The maximum absolute atomic E-state index is 13.2. The summed E-state index contributed by atoms with van der Waals surface area (Å²) in [7, 11) is 0. The van der Waals surface area contributed by atoms with Gasteiger partial charge in [0.1, 0.15) is 11.6 Å². The number of nitrogens with one attached hydrogen (secondary N) is 3. The van der Waals surface area contributed by atoms with Crippen LogP contribution in [0.3, 0.4) is 0 Å². The van der Waals surface area contributed by atoms with Crippen LogP contribution in [0.25, 0.3) is 16.6 Å². The maximum Gasteiger partial charge on any atom is 0.308 e. The van der Waals surface area contributed by atoms with E-state index in [2.05, 4.69) is 25.9 Å². The van der Waals surface area contributed by atoms with Crippen molar-refractivity contribution in [1.82, 2.24) is 25.3 Å². The van der Waals surface area contributed by atoms with Crippen molar-refractivity contribution in [3.8, 4) is 5.69 Å². The third-order valence-electron chi connectivity index (χ3n) is 4.83. The Morgan fingerprint density at radius 3 is 2.68 bits per heavy atom. The second kappa shape index (κ2) is 9.94. The van der Waals surface area contributed by atoms with Gasteiger partial charge >= 0.3 is 5.97 Å². The molecule has 3 N–H and O–H groups in total. The van der Waals surface area contributed by atoms with Crippen molar-refractivity contribution in [3.05, 3.63) is 71.8 Å². The Balaban J connectivity index is 1.24. The SMILES string of the molecule is Cc1cc(NC(=O)COC(=O)CCNC(=O)c2n[nH]c3ccccc23)n(-c2ccc(F)cc2)n1. The van der Waals surface area contributed by atoms with Crippen LogP contribution < -0.4 is 10.6 Å². The molecule has 2 heterocycles. The van der Waals surface area contributed by atoms with E-state index in [9.17, 15) is 18.8 Å². The summed E-state index contributed by atoms with van der Waals surface area (Å²) >= 11 is 0. The van der Waals surface area contributed by atoms with Gasteiger partial charge in [0.2, 0.25) is 0 Å². The van der Waals surface area contributed by atoms with E-state index in [1.807, 2.05) is 6.07 Å². The first kappa shape index (κ1) is 22.6. The van der Waals surface area contributed by atoms with E-state index in [-0.39, 0.29) is 24.5 Å². The number of carbonyl (C=O) groups is 3. The molecule has 0 bridgehead atoms. The molecule has 0 aliphatic heterocycles. The van der Waals surface area contributed by atoms with Crippen LogP contribution in [0, 0.1) is 12.7 Å². The highest BCUT2D eigenvalue weighted by molar-refractivity contribution is 6.04. The monoisotopic (exact) mass is 464 g/mol. The molecule has 0 saturated carbocycles. The Hall–Kier alpha value is -4.54. The van der Waals surface area contributed by atoms with Crippen molar-refractivity contribution in [3.63, 3.8) is 0 Å². The summed E-state index contributed by atoms with van der Waals surface area (Å²) in [6, 6.07) is 14.4. The average Bonchev–Trinajstić information content (AvgIpc) is 3.41. The first-order valence-electron chi connectivity index (χ1n) is 10.4. The third kappa shape index (κ3) is 5.26. The zero-order chi connectivity index (χ0) is 24.1. The standard InChI is InChI=1S/C23H21FN6O4/c1-14-12-19(30(29-14)16-8-6-15(24)7-9-16)26-20(31)13-34-21(32)10-11-25-23(33)22-17-4-2-3-5-18(17)27-28-22/h2-9,12H,10-11,13H2,1H3,(H,25,33)(H,26,31)(H,27,28). The minimum absolute atomic E-state index is 0.0248. The average molecular weight is 464 g/mol. The molecule has 4 rings (SSSR count). The minimum atomic E-state index is -0.648. The lowest BCUT2D eigenvalue weighted by atomic mass is 10.2. The zero-order valence-electron chi connectivity index (χ0n) is 18.2. The van der Waals surface area contributed by atoms with Crippen LogP contribution in [-0.2, 0) is 14.3 Å². The molecule has 0 atom stereocenters. The number of para-hydroxylation sites is 1. The van der Waals surface area contributed by atoms with Crippen molar-refractivity contribution in [2.24, 2.45) is 0 Å². The number of nitrogens with zero attached hydrogens (tertiary/aromatic N) is 3. The van der Waals surface area contributed by atoms with Gasteiger partial charge < -0.3 is 15.4 Å². The Morgan fingerprint density at radius 2 is 1.88 bits per heavy atom. The van der Waals surface area contributed by atoms with E-state index in [4.69, 9.17) is 4.74 Å². The van der Waals surface area contributed by atoms with Crippen LogP contribution in [-0.4, -0.2) is 50.9 Å². The van der Waals surface area contributed by atoms with E-state index in [1.165, 1.54) is 28.9 Å². The number of hydrogen-bond acceptors (Lipinski definition) is 6. The van der Waals surface area contributed by atoms with Gasteiger partial charge in [0.25, 0.3) is 11.8 Å².